The van der Waals surface area contributed by atoms with Crippen LogP contribution in [0.2, 0.25) is 0 Å². The molecular weight excluding hydrogens is 336 g/mol. The maximum atomic E-state index is 12.1. The summed E-state index contributed by atoms with van der Waals surface area (Å²) in [6.45, 7) is 0. The van der Waals surface area contributed by atoms with E-state index in [1.807, 2.05) is 72.8 Å². The summed E-state index contributed by atoms with van der Waals surface area (Å²) in [5.41, 5.74) is 10.9. The third-order valence-corrected chi connectivity index (χ3v) is 4.16. The Morgan fingerprint density at radius 2 is 1.78 bits per heavy atom. The molecule has 0 aliphatic rings. The smallest absolute Gasteiger partial charge is 0.248 e. The largest absolute Gasteiger partial charge is 0.399 e. The van der Waals surface area contributed by atoms with Gasteiger partial charge in [0.05, 0.1) is 11.0 Å². The fourth-order valence-corrected chi connectivity index (χ4v) is 2.80. The van der Waals surface area contributed by atoms with Crippen LogP contribution in [0, 0.1) is 0 Å². The molecule has 4 N–H and O–H groups in total. The quantitative estimate of drug-likeness (QED) is 0.374. The number of H-pyrrole nitrogens is 1. The Hall–Kier alpha value is -3.86. The average molecular weight is 354 g/mol. The Labute approximate surface area is 156 Å². The van der Waals surface area contributed by atoms with Crippen LogP contribution in [0.25, 0.3) is 28.5 Å². The zero-order valence-electron chi connectivity index (χ0n) is 14.5. The highest BCUT2D eigenvalue weighted by Gasteiger charge is 2.06. The van der Waals surface area contributed by atoms with E-state index >= 15 is 0 Å². The van der Waals surface area contributed by atoms with Crippen LogP contribution in [0.15, 0.2) is 78.9 Å². The lowest BCUT2D eigenvalue weighted by Gasteiger charge is -2.03. The second-order valence-corrected chi connectivity index (χ2v) is 6.17. The summed E-state index contributed by atoms with van der Waals surface area (Å²) < 4.78 is 0. The van der Waals surface area contributed by atoms with Gasteiger partial charge < -0.3 is 16.0 Å². The number of amides is 1. The molecule has 5 nitrogen and oxygen atoms in total. The number of aromatic nitrogens is 2. The summed E-state index contributed by atoms with van der Waals surface area (Å²) in [6, 6.07) is 22.8. The van der Waals surface area contributed by atoms with Crippen LogP contribution in [0.3, 0.4) is 0 Å². The molecule has 0 bridgehead atoms. The lowest BCUT2D eigenvalue weighted by molar-refractivity contribution is -0.111. The zero-order valence-corrected chi connectivity index (χ0v) is 14.5. The van der Waals surface area contributed by atoms with Gasteiger partial charge in [-0.1, -0.05) is 30.3 Å². The number of rotatable bonds is 4. The van der Waals surface area contributed by atoms with Crippen LogP contribution in [-0.2, 0) is 4.79 Å². The zero-order chi connectivity index (χ0) is 18.6. The van der Waals surface area contributed by atoms with Crippen molar-refractivity contribution in [3.8, 4) is 11.4 Å². The van der Waals surface area contributed by atoms with Gasteiger partial charge in [0, 0.05) is 23.0 Å². The molecule has 0 saturated heterocycles. The third kappa shape index (κ3) is 3.88. The molecule has 0 unspecified atom stereocenters. The Bertz CT molecular complexity index is 1110. The fourth-order valence-electron chi connectivity index (χ4n) is 2.80. The summed E-state index contributed by atoms with van der Waals surface area (Å²) >= 11 is 0. The number of nitrogen functional groups attached to an aromatic ring is 1. The molecule has 0 aliphatic heterocycles. The molecule has 3 aromatic carbocycles. The first kappa shape index (κ1) is 16.6. The van der Waals surface area contributed by atoms with Crippen LogP contribution in [-0.4, -0.2) is 15.9 Å². The molecule has 4 aromatic rings. The number of carbonyl (C=O) groups is 1. The van der Waals surface area contributed by atoms with Crippen LogP contribution >= 0.6 is 0 Å². The third-order valence-electron chi connectivity index (χ3n) is 4.16. The van der Waals surface area contributed by atoms with Crippen molar-refractivity contribution in [3.63, 3.8) is 0 Å². The number of imidazole rings is 1. The molecule has 0 radical (unpaired) electrons. The van der Waals surface area contributed by atoms with Crippen LogP contribution < -0.4 is 11.1 Å². The SMILES string of the molecule is Nc1ccc2nc(-c3ccc(NC(=O)/C=C/c4ccccc4)cc3)[nH]c2c1. The molecule has 1 aromatic heterocycles. The van der Waals surface area contributed by atoms with Crippen molar-refractivity contribution in [1.82, 2.24) is 9.97 Å². The van der Waals surface area contributed by atoms with E-state index in [1.165, 1.54) is 6.08 Å². The van der Waals surface area contributed by atoms with Gasteiger partial charge in [0.1, 0.15) is 5.82 Å². The Morgan fingerprint density at radius 1 is 1.00 bits per heavy atom. The summed E-state index contributed by atoms with van der Waals surface area (Å²) in [5.74, 6) is 0.586. The van der Waals surface area contributed by atoms with Crippen LogP contribution in [0.5, 0.6) is 0 Å². The van der Waals surface area contributed by atoms with E-state index in [1.54, 1.807) is 6.08 Å². The van der Waals surface area contributed by atoms with Crippen molar-refractivity contribution >= 4 is 34.4 Å². The van der Waals surface area contributed by atoms with Crippen molar-refractivity contribution in [2.75, 3.05) is 11.1 Å². The number of carbonyl (C=O) groups excluding carboxylic acids is 1. The highest BCUT2D eigenvalue weighted by atomic mass is 16.1. The van der Waals surface area contributed by atoms with E-state index in [9.17, 15) is 4.79 Å². The van der Waals surface area contributed by atoms with Gasteiger partial charge in [0.15, 0.2) is 0 Å². The van der Waals surface area contributed by atoms with E-state index in [-0.39, 0.29) is 5.91 Å². The highest BCUT2D eigenvalue weighted by molar-refractivity contribution is 6.02. The van der Waals surface area contributed by atoms with Crippen molar-refractivity contribution in [2.24, 2.45) is 0 Å². The first-order chi connectivity index (χ1) is 13.2. The number of nitrogens with one attached hydrogen (secondary N) is 2. The second kappa shape index (κ2) is 7.17. The normalized spacial score (nSPS) is 11.1. The first-order valence-corrected chi connectivity index (χ1v) is 8.57. The molecule has 4 rings (SSSR count). The minimum absolute atomic E-state index is 0.175. The van der Waals surface area contributed by atoms with E-state index in [4.69, 9.17) is 5.73 Å². The molecule has 132 valence electrons. The monoisotopic (exact) mass is 354 g/mol. The Balaban J connectivity index is 1.46. The van der Waals surface area contributed by atoms with E-state index in [0.717, 1.165) is 33.7 Å². The molecule has 0 fully saturated rings. The Kier molecular flexibility index (Phi) is 4.41. The second-order valence-electron chi connectivity index (χ2n) is 6.17. The summed E-state index contributed by atoms with van der Waals surface area (Å²) in [7, 11) is 0. The highest BCUT2D eigenvalue weighted by Crippen LogP contribution is 2.23. The molecule has 1 heterocycles. The van der Waals surface area contributed by atoms with Gasteiger partial charge in [0.2, 0.25) is 5.91 Å². The van der Waals surface area contributed by atoms with Crippen molar-refractivity contribution in [2.45, 2.75) is 0 Å². The van der Waals surface area contributed by atoms with Gasteiger partial charge >= 0.3 is 0 Å². The predicted molar refractivity (Wildman–Crippen MR) is 110 cm³/mol. The number of benzene rings is 3. The number of nitrogens with two attached hydrogens (primary N) is 1. The van der Waals surface area contributed by atoms with Crippen molar-refractivity contribution < 1.29 is 4.79 Å². The van der Waals surface area contributed by atoms with E-state index < -0.39 is 0 Å². The molecule has 0 atom stereocenters. The van der Waals surface area contributed by atoms with Gasteiger partial charge in [0.25, 0.3) is 0 Å². The van der Waals surface area contributed by atoms with Crippen molar-refractivity contribution in [1.29, 1.82) is 0 Å². The molecule has 1 amide bonds. The molecule has 27 heavy (non-hydrogen) atoms. The fraction of sp³-hybridized carbons (Fsp3) is 0. The standard InChI is InChI=1S/C22H18N4O/c23-17-9-12-19-20(14-17)26-22(25-19)16-7-10-18(11-8-16)24-21(27)13-6-15-4-2-1-3-5-15/h1-14H,23H2,(H,24,27)(H,25,26)/b13-6+. The summed E-state index contributed by atoms with van der Waals surface area (Å²) in [4.78, 5) is 19.9. The lowest BCUT2D eigenvalue weighted by atomic mass is 10.2. The molecular formula is C22H18N4O. The summed E-state index contributed by atoms with van der Waals surface area (Å²) in [6.07, 6.45) is 3.30. The minimum atomic E-state index is -0.175. The van der Waals surface area contributed by atoms with Gasteiger partial charge in [-0.2, -0.15) is 0 Å². The van der Waals surface area contributed by atoms with Gasteiger partial charge in [-0.25, -0.2) is 4.98 Å². The van der Waals surface area contributed by atoms with Gasteiger partial charge in [-0.05, 0) is 54.1 Å². The number of hydrogen-bond acceptors (Lipinski definition) is 3. The van der Waals surface area contributed by atoms with Crippen LogP contribution in [0.4, 0.5) is 11.4 Å². The molecule has 0 spiro atoms. The number of aromatic amines is 1. The van der Waals surface area contributed by atoms with Crippen molar-refractivity contribution in [3.05, 3.63) is 84.4 Å². The average Bonchev–Trinajstić information content (AvgIpc) is 3.11. The number of hydrogen-bond donors (Lipinski definition) is 3. The number of nitrogens with zero attached hydrogens (tertiary/aromatic N) is 1. The lowest BCUT2D eigenvalue weighted by Crippen LogP contribution is -2.07. The maximum Gasteiger partial charge on any atom is 0.248 e. The van der Waals surface area contributed by atoms with E-state index in [2.05, 4.69) is 15.3 Å². The first-order valence-electron chi connectivity index (χ1n) is 8.57. The maximum absolute atomic E-state index is 12.1. The minimum Gasteiger partial charge on any atom is -0.399 e. The Morgan fingerprint density at radius 3 is 2.56 bits per heavy atom. The summed E-state index contributed by atoms with van der Waals surface area (Å²) in [5, 5.41) is 2.85. The van der Waals surface area contributed by atoms with Crippen LogP contribution in [0.1, 0.15) is 5.56 Å². The molecule has 0 saturated carbocycles. The predicted octanol–water partition coefficient (Wildman–Crippen LogP) is 4.46. The number of fused-ring (bicyclic) bond motifs is 1. The van der Waals surface area contributed by atoms with E-state index in [0.29, 0.717) is 5.69 Å². The molecule has 0 aliphatic carbocycles. The topological polar surface area (TPSA) is 83.8 Å². The molecule has 5 heteroatoms. The van der Waals surface area contributed by atoms with Gasteiger partial charge in [-0.3, -0.25) is 4.79 Å². The van der Waals surface area contributed by atoms with Gasteiger partial charge in [-0.15, -0.1) is 0 Å². The number of anilines is 2.